The number of halogens is 2. The number of phenolic OH excluding ortho intramolecular Hbond substituents is 1. The first kappa shape index (κ1) is 17.0. The van der Waals surface area contributed by atoms with Crippen molar-refractivity contribution in [3.8, 4) is 5.75 Å². The van der Waals surface area contributed by atoms with Crippen LogP contribution in [0.4, 0.5) is 5.69 Å². The van der Waals surface area contributed by atoms with E-state index in [2.05, 4.69) is 17.4 Å². The molecule has 0 saturated heterocycles. The molecule has 2 N–H and O–H groups in total. The summed E-state index contributed by atoms with van der Waals surface area (Å²) in [5.41, 5.74) is 1.76. The lowest BCUT2D eigenvalue weighted by Gasteiger charge is -2.12. The number of para-hydroxylation sites is 1. The van der Waals surface area contributed by atoms with Gasteiger partial charge in [-0.25, -0.2) is 0 Å². The second kappa shape index (κ2) is 7.84. The predicted molar refractivity (Wildman–Crippen MR) is 102 cm³/mol. The van der Waals surface area contributed by atoms with Crippen LogP contribution in [0.15, 0.2) is 76.5 Å². The van der Waals surface area contributed by atoms with Gasteiger partial charge < -0.3 is 10.4 Å². The van der Waals surface area contributed by atoms with Crippen molar-refractivity contribution in [2.45, 2.75) is 16.3 Å². The van der Waals surface area contributed by atoms with Crippen molar-refractivity contribution in [2.75, 3.05) is 5.32 Å². The highest BCUT2D eigenvalue weighted by Crippen LogP contribution is 2.34. The lowest BCUT2D eigenvalue weighted by atomic mass is 10.2. The number of benzene rings is 3. The highest BCUT2D eigenvalue weighted by atomic mass is 35.5. The molecule has 0 aromatic heterocycles. The van der Waals surface area contributed by atoms with Gasteiger partial charge in [-0.15, -0.1) is 0 Å². The molecule has 3 aromatic carbocycles. The second-order valence-electron chi connectivity index (χ2n) is 5.15. The van der Waals surface area contributed by atoms with Crippen LogP contribution in [0.2, 0.25) is 10.0 Å². The van der Waals surface area contributed by atoms with Crippen molar-refractivity contribution in [1.29, 1.82) is 0 Å². The molecule has 0 amide bonds. The zero-order valence-corrected chi connectivity index (χ0v) is 15.0. The summed E-state index contributed by atoms with van der Waals surface area (Å²) in [6, 6.07) is 21.2. The molecule has 3 rings (SSSR count). The Morgan fingerprint density at radius 3 is 2.42 bits per heavy atom. The normalized spacial score (nSPS) is 10.6. The third-order valence-corrected chi connectivity index (χ3v) is 5.15. The lowest BCUT2D eigenvalue weighted by molar-refractivity contribution is 0.477. The molecule has 0 radical (unpaired) electrons. The number of aromatic hydroxyl groups is 1. The van der Waals surface area contributed by atoms with Crippen LogP contribution in [-0.4, -0.2) is 5.11 Å². The molecule has 0 bridgehead atoms. The van der Waals surface area contributed by atoms with Gasteiger partial charge in [0.1, 0.15) is 0 Å². The second-order valence-corrected chi connectivity index (χ2v) is 7.11. The standard InChI is InChI=1S/C19H15Cl2NOS/c20-14-8-10-15(11-9-14)24-18-7-2-1-4-13(18)12-22-17-6-3-5-16(21)19(17)23/h1-11,22-23H,12H2. The number of rotatable bonds is 5. The van der Waals surface area contributed by atoms with Crippen LogP contribution in [0.1, 0.15) is 5.56 Å². The SMILES string of the molecule is Oc1c(Cl)cccc1NCc1ccccc1Sc1ccc(Cl)cc1. The molecule has 0 fully saturated rings. The molecule has 5 heteroatoms. The summed E-state index contributed by atoms with van der Waals surface area (Å²) in [5, 5.41) is 14.3. The average Bonchev–Trinajstić information content (AvgIpc) is 2.59. The van der Waals surface area contributed by atoms with Crippen LogP contribution in [0.3, 0.4) is 0 Å². The largest absolute Gasteiger partial charge is 0.504 e. The van der Waals surface area contributed by atoms with Gasteiger partial charge in [-0.2, -0.15) is 0 Å². The molecule has 0 aliphatic carbocycles. The summed E-state index contributed by atoms with van der Waals surface area (Å²) in [4.78, 5) is 2.27. The van der Waals surface area contributed by atoms with E-state index >= 15 is 0 Å². The predicted octanol–water partition coefficient (Wildman–Crippen LogP) is 6.46. The number of phenols is 1. The first-order valence-corrected chi connectivity index (χ1v) is 8.93. The summed E-state index contributed by atoms with van der Waals surface area (Å²) in [5.74, 6) is 0.0713. The minimum Gasteiger partial charge on any atom is -0.504 e. The van der Waals surface area contributed by atoms with Gasteiger partial charge in [0, 0.05) is 21.4 Å². The van der Waals surface area contributed by atoms with Crippen LogP contribution in [0.25, 0.3) is 0 Å². The summed E-state index contributed by atoms with van der Waals surface area (Å²) in [7, 11) is 0. The zero-order valence-electron chi connectivity index (χ0n) is 12.7. The maximum Gasteiger partial charge on any atom is 0.157 e. The van der Waals surface area contributed by atoms with E-state index in [0.717, 1.165) is 20.4 Å². The van der Waals surface area contributed by atoms with Crippen LogP contribution in [0.5, 0.6) is 5.75 Å². The molecule has 0 aliphatic heterocycles. The maximum absolute atomic E-state index is 9.99. The summed E-state index contributed by atoms with van der Waals surface area (Å²) in [6.07, 6.45) is 0. The molecule has 0 spiro atoms. The van der Waals surface area contributed by atoms with Gasteiger partial charge in [0.15, 0.2) is 5.75 Å². The number of hydrogen-bond acceptors (Lipinski definition) is 3. The Labute approximate surface area is 155 Å². The molecular formula is C19H15Cl2NOS. The zero-order chi connectivity index (χ0) is 16.9. The summed E-state index contributed by atoms with van der Waals surface area (Å²) >= 11 is 13.6. The number of anilines is 1. The fraction of sp³-hybridized carbons (Fsp3) is 0.0526. The quantitative estimate of drug-likeness (QED) is 0.501. The first-order chi connectivity index (χ1) is 11.6. The highest BCUT2D eigenvalue weighted by Gasteiger charge is 2.07. The van der Waals surface area contributed by atoms with E-state index in [1.807, 2.05) is 36.4 Å². The van der Waals surface area contributed by atoms with E-state index in [9.17, 15) is 5.11 Å². The Kier molecular flexibility index (Phi) is 5.56. The van der Waals surface area contributed by atoms with Gasteiger partial charge in [-0.3, -0.25) is 0 Å². The van der Waals surface area contributed by atoms with Gasteiger partial charge in [0.25, 0.3) is 0 Å². The van der Waals surface area contributed by atoms with E-state index in [-0.39, 0.29) is 5.75 Å². The summed E-state index contributed by atoms with van der Waals surface area (Å²) in [6.45, 7) is 0.588. The Morgan fingerprint density at radius 2 is 1.62 bits per heavy atom. The molecule has 2 nitrogen and oxygen atoms in total. The van der Waals surface area contributed by atoms with E-state index in [4.69, 9.17) is 23.2 Å². The molecular weight excluding hydrogens is 361 g/mol. The van der Waals surface area contributed by atoms with E-state index in [0.29, 0.717) is 17.3 Å². The van der Waals surface area contributed by atoms with Gasteiger partial charge in [0.2, 0.25) is 0 Å². The Balaban J connectivity index is 1.76. The minimum absolute atomic E-state index is 0.0713. The van der Waals surface area contributed by atoms with Crippen LogP contribution < -0.4 is 5.32 Å². The topological polar surface area (TPSA) is 32.3 Å². The van der Waals surface area contributed by atoms with Crippen LogP contribution in [0, 0.1) is 0 Å². The van der Waals surface area contributed by atoms with Crippen LogP contribution in [-0.2, 0) is 6.54 Å². The monoisotopic (exact) mass is 375 g/mol. The summed E-state index contributed by atoms with van der Waals surface area (Å²) < 4.78 is 0. The smallest absolute Gasteiger partial charge is 0.157 e. The molecule has 0 aliphatic rings. The van der Waals surface area contributed by atoms with Crippen molar-refractivity contribution in [2.24, 2.45) is 0 Å². The molecule has 122 valence electrons. The van der Waals surface area contributed by atoms with Gasteiger partial charge >= 0.3 is 0 Å². The number of nitrogens with one attached hydrogen (secondary N) is 1. The van der Waals surface area contributed by atoms with Gasteiger partial charge in [-0.05, 0) is 48.0 Å². The Hall–Kier alpha value is -1.81. The third kappa shape index (κ3) is 4.18. The number of hydrogen-bond donors (Lipinski definition) is 2. The third-order valence-electron chi connectivity index (χ3n) is 3.47. The molecule has 0 unspecified atom stereocenters. The van der Waals surface area contributed by atoms with Crippen LogP contribution >= 0.6 is 35.0 Å². The van der Waals surface area contributed by atoms with Crippen molar-refractivity contribution in [1.82, 2.24) is 0 Å². The minimum atomic E-state index is 0.0713. The molecule has 0 saturated carbocycles. The van der Waals surface area contributed by atoms with E-state index < -0.39 is 0 Å². The molecule has 0 atom stereocenters. The van der Waals surface area contributed by atoms with Crippen molar-refractivity contribution in [3.05, 3.63) is 82.3 Å². The van der Waals surface area contributed by atoms with Crippen molar-refractivity contribution in [3.63, 3.8) is 0 Å². The van der Waals surface area contributed by atoms with Gasteiger partial charge in [0.05, 0.1) is 10.7 Å². The first-order valence-electron chi connectivity index (χ1n) is 7.36. The molecule has 3 aromatic rings. The highest BCUT2D eigenvalue weighted by molar-refractivity contribution is 7.99. The lowest BCUT2D eigenvalue weighted by Crippen LogP contribution is -2.01. The van der Waals surface area contributed by atoms with Gasteiger partial charge in [-0.1, -0.05) is 59.2 Å². The van der Waals surface area contributed by atoms with Crippen molar-refractivity contribution < 1.29 is 5.11 Å². The Bertz CT molecular complexity index is 837. The molecule has 24 heavy (non-hydrogen) atoms. The molecule has 0 heterocycles. The average molecular weight is 376 g/mol. The van der Waals surface area contributed by atoms with E-state index in [1.54, 1.807) is 30.0 Å². The fourth-order valence-electron chi connectivity index (χ4n) is 2.23. The fourth-order valence-corrected chi connectivity index (χ4v) is 3.47. The maximum atomic E-state index is 9.99. The van der Waals surface area contributed by atoms with Crippen molar-refractivity contribution >= 4 is 40.7 Å². The Morgan fingerprint density at radius 1 is 0.875 bits per heavy atom. The van der Waals surface area contributed by atoms with E-state index in [1.165, 1.54) is 0 Å².